The lowest BCUT2D eigenvalue weighted by molar-refractivity contribution is 0.553. The third-order valence-electron chi connectivity index (χ3n) is 2.84. The molecule has 2 rings (SSSR count). The number of nitrogens with zero attached hydrogens (tertiary/aromatic N) is 2. The van der Waals surface area contributed by atoms with Crippen molar-refractivity contribution in [2.75, 3.05) is 0 Å². The molecule has 3 nitrogen and oxygen atoms in total. The summed E-state index contributed by atoms with van der Waals surface area (Å²) in [5, 5.41) is 3.33. The molecule has 0 aliphatic rings. The van der Waals surface area contributed by atoms with Crippen molar-refractivity contribution in [1.82, 2.24) is 14.9 Å². The smallest absolute Gasteiger partial charge is 0.137 e. The Kier molecular flexibility index (Phi) is 4.71. The van der Waals surface area contributed by atoms with Crippen LogP contribution in [0.4, 0.5) is 4.39 Å². The van der Waals surface area contributed by atoms with Crippen LogP contribution in [0.25, 0.3) is 0 Å². The van der Waals surface area contributed by atoms with Gasteiger partial charge in [0.1, 0.15) is 11.6 Å². The molecule has 1 heterocycles. The van der Waals surface area contributed by atoms with Crippen LogP contribution in [-0.2, 0) is 13.1 Å². The fourth-order valence-corrected chi connectivity index (χ4v) is 2.19. The molecular weight excluding hydrogens is 309 g/mol. The SMILES string of the molecule is CC(C)NCc1nccn1Cc1cccc(F)c1Br. The van der Waals surface area contributed by atoms with Gasteiger partial charge in [-0.1, -0.05) is 26.0 Å². The zero-order chi connectivity index (χ0) is 13.8. The minimum absolute atomic E-state index is 0.237. The summed E-state index contributed by atoms with van der Waals surface area (Å²) in [5.74, 6) is 0.712. The van der Waals surface area contributed by atoms with Crippen LogP contribution in [0.3, 0.4) is 0 Å². The van der Waals surface area contributed by atoms with Crippen molar-refractivity contribution < 1.29 is 4.39 Å². The van der Waals surface area contributed by atoms with Crippen molar-refractivity contribution in [2.24, 2.45) is 0 Å². The monoisotopic (exact) mass is 325 g/mol. The third-order valence-corrected chi connectivity index (χ3v) is 3.73. The Morgan fingerprint density at radius 1 is 1.42 bits per heavy atom. The van der Waals surface area contributed by atoms with E-state index in [1.54, 1.807) is 12.3 Å². The van der Waals surface area contributed by atoms with Crippen LogP contribution in [0.2, 0.25) is 0 Å². The average Bonchev–Trinajstić information content (AvgIpc) is 2.80. The van der Waals surface area contributed by atoms with E-state index in [4.69, 9.17) is 0 Å². The maximum absolute atomic E-state index is 13.5. The fraction of sp³-hybridized carbons (Fsp3) is 0.357. The topological polar surface area (TPSA) is 29.9 Å². The molecule has 0 spiro atoms. The van der Waals surface area contributed by atoms with E-state index in [0.717, 1.165) is 11.4 Å². The normalized spacial score (nSPS) is 11.2. The van der Waals surface area contributed by atoms with Crippen LogP contribution in [0.5, 0.6) is 0 Å². The minimum atomic E-state index is -0.237. The molecule has 1 aromatic carbocycles. The largest absolute Gasteiger partial charge is 0.329 e. The van der Waals surface area contributed by atoms with Crippen LogP contribution in [0, 0.1) is 5.82 Å². The minimum Gasteiger partial charge on any atom is -0.329 e. The van der Waals surface area contributed by atoms with E-state index in [2.05, 4.69) is 40.1 Å². The molecule has 1 N–H and O–H groups in total. The molecule has 0 atom stereocenters. The third kappa shape index (κ3) is 3.64. The molecule has 0 amide bonds. The zero-order valence-corrected chi connectivity index (χ0v) is 12.6. The molecule has 0 aliphatic carbocycles. The highest BCUT2D eigenvalue weighted by molar-refractivity contribution is 9.10. The van der Waals surface area contributed by atoms with E-state index >= 15 is 0 Å². The number of aromatic nitrogens is 2. The Bertz CT molecular complexity index is 551. The molecule has 0 saturated carbocycles. The van der Waals surface area contributed by atoms with Crippen molar-refractivity contribution in [2.45, 2.75) is 33.0 Å². The lowest BCUT2D eigenvalue weighted by Crippen LogP contribution is -2.24. The first-order valence-electron chi connectivity index (χ1n) is 6.24. The van der Waals surface area contributed by atoms with Gasteiger partial charge < -0.3 is 9.88 Å². The molecule has 0 aliphatic heterocycles. The molecular formula is C14H17BrFN3. The molecule has 0 unspecified atom stereocenters. The average molecular weight is 326 g/mol. The molecule has 2 aromatic rings. The number of halogens is 2. The fourth-order valence-electron chi connectivity index (χ4n) is 1.80. The van der Waals surface area contributed by atoms with E-state index in [0.29, 0.717) is 23.6 Å². The molecule has 0 fully saturated rings. The van der Waals surface area contributed by atoms with Crippen LogP contribution >= 0.6 is 15.9 Å². The van der Waals surface area contributed by atoms with Gasteiger partial charge in [0.15, 0.2) is 0 Å². The Hall–Kier alpha value is -1.20. The number of nitrogens with one attached hydrogen (secondary N) is 1. The number of imidazole rings is 1. The number of hydrogen-bond donors (Lipinski definition) is 1. The van der Waals surface area contributed by atoms with Gasteiger partial charge in [0.05, 0.1) is 17.6 Å². The summed E-state index contributed by atoms with van der Waals surface area (Å²) in [5.41, 5.74) is 0.906. The van der Waals surface area contributed by atoms with Gasteiger partial charge in [0, 0.05) is 18.4 Å². The first kappa shape index (κ1) is 14.2. The molecule has 0 bridgehead atoms. The van der Waals surface area contributed by atoms with E-state index in [1.807, 2.05) is 16.8 Å². The maximum Gasteiger partial charge on any atom is 0.137 e. The van der Waals surface area contributed by atoms with Crippen LogP contribution in [0.1, 0.15) is 25.2 Å². The maximum atomic E-state index is 13.5. The van der Waals surface area contributed by atoms with Gasteiger partial charge in [-0.25, -0.2) is 9.37 Å². The Morgan fingerprint density at radius 2 is 2.21 bits per heavy atom. The van der Waals surface area contributed by atoms with E-state index in [1.165, 1.54) is 6.07 Å². The highest BCUT2D eigenvalue weighted by Crippen LogP contribution is 2.21. The lowest BCUT2D eigenvalue weighted by Gasteiger charge is -2.12. The summed E-state index contributed by atoms with van der Waals surface area (Å²) in [6.07, 6.45) is 3.68. The molecule has 0 radical (unpaired) electrons. The summed E-state index contributed by atoms with van der Waals surface area (Å²) in [6.45, 7) is 5.50. The van der Waals surface area contributed by atoms with E-state index < -0.39 is 0 Å². The van der Waals surface area contributed by atoms with Crippen molar-refractivity contribution >= 4 is 15.9 Å². The number of benzene rings is 1. The highest BCUT2D eigenvalue weighted by atomic mass is 79.9. The van der Waals surface area contributed by atoms with Gasteiger partial charge in [-0.05, 0) is 27.6 Å². The Morgan fingerprint density at radius 3 is 2.95 bits per heavy atom. The van der Waals surface area contributed by atoms with Crippen LogP contribution in [-0.4, -0.2) is 15.6 Å². The summed E-state index contributed by atoms with van der Waals surface area (Å²) >= 11 is 3.29. The Balaban J connectivity index is 2.15. The van der Waals surface area contributed by atoms with Crippen LogP contribution < -0.4 is 5.32 Å². The molecule has 1 aromatic heterocycles. The van der Waals surface area contributed by atoms with Gasteiger partial charge in [-0.3, -0.25) is 0 Å². The second kappa shape index (κ2) is 6.30. The quantitative estimate of drug-likeness (QED) is 0.913. The lowest BCUT2D eigenvalue weighted by atomic mass is 10.2. The van der Waals surface area contributed by atoms with Gasteiger partial charge >= 0.3 is 0 Å². The van der Waals surface area contributed by atoms with Crippen molar-refractivity contribution in [3.8, 4) is 0 Å². The van der Waals surface area contributed by atoms with E-state index in [9.17, 15) is 4.39 Å². The highest BCUT2D eigenvalue weighted by Gasteiger charge is 2.08. The molecule has 0 saturated heterocycles. The summed E-state index contributed by atoms with van der Waals surface area (Å²) in [7, 11) is 0. The molecule has 19 heavy (non-hydrogen) atoms. The first-order chi connectivity index (χ1) is 9.08. The second-order valence-corrected chi connectivity index (χ2v) is 5.51. The first-order valence-corrected chi connectivity index (χ1v) is 7.03. The second-order valence-electron chi connectivity index (χ2n) is 4.72. The molecule has 5 heteroatoms. The standard InChI is InChI=1S/C14H17BrFN3/c1-10(2)18-8-13-17-6-7-19(13)9-11-4-3-5-12(16)14(11)15/h3-7,10,18H,8-9H2,1-2H3. The predicted octanol–water partition coefficient (Wildman–Crippen LogP) is 3.33. The van der Waals surface area contributed by atoms with Crippen LogP contribution in [0.15, 0.2) is 35.1 Å². The summed E-state index contributed by atoms with van der Waals surface area (Å²) in [6, 6.07) is 5.49. The predicted molar refractivity (Wildman–Crippen MR) is 77.4 cm³/mol. The van der Waals surface area contributed by atoms with Gasteiger partial charge in [-0.15, -0.1) is 0 Å². The van der Waals surface area contributed by atoms with Gasteiger partial charge in [0.2, 0.25) is 0 Å². The van der Waals surface area contributed by atoms with Crippen molar-refractivity contribution in [3.05, 3.63) is 52.3 Å². The summed E-state index contributed by atoms with van der Waals surface area (Å²) in [4.78, 5) is 4.33. The number of rotatable bonds is 5. The van der Waals surface area contributed by atoms with Crippen molar-refractivity contribution in [1.29, 1.82) is 0 Å². The Labute approximate surface area is 121 Å². The zero-order valence-electron chi connectivity index (χ0n) is 11.0. The number of hydrogen-bond acceptors (Lipinski definition) is 2. The summed E-state index contributed by atoms with van der Waals surface area (Å²) < 4.78 is 16.0. The van der Waals surface area contributed by atoms with Crippen molar-refractivity contribution in [3.63, 3.8) is 0 Å². The van der Waals surface area contributed by atoms with E-state index in [-0.39, 0.29) is 5.82 Å². The molecule has 102 valence electrons. The van der Waals surface area contributed by atoms with Gasteiger partial charge in [0.25, 0.3) is 0 Å². The van der Waals surface area contributed by atoms with Gasteiger partial charge in [-0.2, -0.15) is 0 Å².